The van der Waals surface area contributed by atoms with Gasteiger partial charge in [-0.3, -0.25) is 9.59 Å². The van der Waals surface area contributed by atoms with Crippen molar-refractivity contribution in [3.63, 3.8) is 0 Å². The van der Waals surface area contributed by atoms with Crippen molar-refractivity contribution < 1.29 is 93.5 Å². The molecule has 7 rings (SSSR count). The lowest BCUT2D eigenvalue weighted by Gasteiger charge is -2.64. The molecule has 32 heteroatoms. The van der Waals surface area contributed by atoms with E-state index >= 15 is 8.78 Å². The molecule has 0 radical (unpaired) electrons. The molecule has 6 fully saturated rings. The Labute approximate surface area is 442 Å². The van der Waals surface area contributed by atoms with Gasteiger partial charge in [0.1, 0.15) is 0 Å². The molecule has 1 aromatic rings. The van der Waals surface area contributed by atoms with Gasteiger partial charge in [-0.2, -0.15) is 30.4 Å². The van der Waals surface area contributed by atoms with E-state index in [0.29, 0.717) is 6.04 Å². The van der Waals surface area contributed by atoms with Gasteiger partial charge in [0.25, 0.3) is 0 Å². The highest BCUT2D eigenvalue weighted by atomic mass is 32.2. The molecular formula is C42H76F5NO17SSi8. The Kier molecular flexibility index (Phi) is 19.1. The summed E-state index contributed by atoms with van der Waals surface area (Å²) >= 11 is 0. The summed E-state index contributed by atoms with van der Waals surface area (Å²) in [5, 5.41) is -3.77. The van der Waals surface area contributed by atoms with E-state index in [0.717, 1.165) is 12.1 Å². The highest BCUT2D eigenvalue weighted by Crippen LogP contribution is 2.56. The van der Waals surface area contributed by atoms with Gasteiger partial charge < -0.3 is 54.7 Å². The van der Waals surface area contributed by atoms with Crippen LogP contribution in [0.25, 0.3) is 0 Å². The molecule has 424 valence electrons. The monoisotopic (exact) mass is 1220 g/mol. The van der Waals surface area contributed by atoms with Crippen molar-refractivity contribution in [2.24, 2.45) is 41.4 Å². The topological polar surface area (TPSA) is 200 Å². The number of alkyl halides is 5. The van der Waals surface area contributed by atoms with Crippen LogP contribution in [0.3, 0.4) is 0 Å². The normalized spacial score (nSPS) is 33.9. The zero-order chi connectivity index (χ0) is 55.4. The van der Waals surface area contributed by atoms with Crippen LogP contribution in [0.1, 0.15) is 114 Å². The standard InChI is InChI=1S/C42H76F5NO17SSi8/c1-30(2)23-68-54-67(22-18-21-48-40(50)42(46,47)66(51,52)53-39(41(43,44)45)38(49)37-19-16-15-17-20-37)55-69(24-31(3)4)59-71(57-68,26-33(7)8)63-74(29-36(13)14)64-72(58-68,27-34(9)10)60-70(56-67,25-32(5)6)62-73(61-69,65-74)28-35(11)12/h15-17,19-20,30-36,39H,18,21-29H2,1-14H3,(H,48,50). The fourth-order valence-electron chi connectivity index (χ4n) is 9.78. The smallest absolute Gasteiger partial charge is 0.373 e. The average molecular weight is 1220 g/mol. The van der Waals surface area contributed by atoms with Crippen molar-refractivity contribution in [3.8, 4) is 0 Å². The fourth-order valence-corrected chi connectivity index (χ4v) is 62.2. The molecule has 6 aliphatic heterocycles. The number of rotatable bonds is 24. The number of hydrogen-bond donors (Lipinski definition) is 1. The number of nitrogens with one attached hydrogen (secondary N) is 1. The van der Waals surface area contributed by atoms with Crippen molar-refractivity contribution in [3.05, 3.63) is 35.9 Å². The van der Waals surface area contributed by atoms with E-state index in [-0.39, 0.29) is 90.2 Å². The number of carbonyl (C=O) groups is 2. The van der Waals surface area contributed by atoms with Crippen LogP contribution in [-0.4, -0.2) is 115 Å². The molecule has 18 nitrogen and oxygen atoms in total. The molecule has 0 aliphatic carbocycles. The molecule has 6 saturated heterocycles. The van der Waals surface area contributed by atoms with Crippen molar-refractivity contribution in [1.29, 1.82) is 0 Å². The summed E-state index contributed by atoms with van der Waals surface area (Å²) in [6.07, 6.45) is -9.99. The quantitative estimate of drug-likeness (QED) is 0.0337. The van der Waals surface area contributed by atoms with Gasteiger partial charge in [0.05, 0.1) is 0 Å². The Morgan fingerprint density at radius 3 is 1.01 bits per heavy atom. The van der Waals surface area contributed by atoms with Crippen LogP contribution in [0.15, 0.2) is 30.3 Å². The summed E-state index contributed by atoms with van der Waals surface area (Å²) in [6.45, 7) is 27.1. The van der Waals surface area contributed by atoms with Crippen LogP contribution in [0.4, 0.5) is 22.0 Å². The summed E-state index contributed by atoms with van der Waals surface area (Å²) in [6, 6.07) is 6.71. The van der Waals surface area contributed by atoms with E-state index in [9.17, 15) is 31.2 Å². The third-order valence-electron chi connectivity index (χ3n) is 11.7. The van der Waals surface area contributed by atoms with Crippen LogP contribution in [-0.2, 0) is 68.5 Å². The van der Waals surface area contributed by atoms with Gasteiger partial charge in [0, 0.05) is 60.5 Å². The lowest BCUT2D eigenvalue weighted by molar-refractivity contribution is -0.180. The van der Waals surface area contributed by atoms with Gasteiger partial charge in [0.2, 0.25) is 11.9 Å². The third-order valence-corrected chi connectivity index (χ3v) is 53.0. The molecule has 0 saturated carbocycles. The maximum Gasteiger partial charge on any atom is 0.479 e. The fraction of sp³-hybridized carbons (Fsp3) is 0.810. The van der Waals surface area contributed by atoms with E-state index < -0.39 is 122 Å². The predicted octanol–water partition coefficient (Wildman–Crippen LogP) is 9.62. The van der Waals surface area contributed by atoms with Gasteiger partial charge in [0.15, 0.2) is 0 Å². The number of halogens is 5. The Morgan fingerprint density at radius 1 is 0.486 bits per heavy atom. The van der Waals surface area contributed by atoms with Gasteiger partial charge in [-0.05, 0) is 47.8 Å². The average Bonchev–Trinajstić information content (AvgIpc) is 3.16. The maximum atomic E-state index is 15.7. The third kappa shape index (κ3) is 14.4. The highest BCUT2D eigenvalue weighted by molar-refractivity contribution is 7.88. The second kappa shape index (κ2) is 22.6. The second-order valence-electron chi connectivity index (χ2n) is 23.0. The zero-order valence-electron chi connectivity index (χ0n) is 44.8. The Balaban J connectivity index is 1.50. The number of ketones is 1. The van der Waals surface area contributed by atoms with E-state index in [2.05, 4.69) is 4.18 Å². The Bertz CT molecular complexity index is 2110. The van der Waals surface area contributed by atoms with Crippen molar-refractivity contribution in [2.75, 3.05) is 6.54 Å². The minimum atomic E-state index is -6.77. The number of benzene rings is 1. The Morgan fingerprint density at radius 2 is 0.757 bits per heavy atom. The minimum absolute atomic E-state index is 0.0477. The van der Waals surface area contributed by atoms with E-state index in [1.54, 1.807) is 0 Å². The van der Waals surface area contributed by atoms with Crippen molar-refractivity contribution in [2.45, 2.75) is 169 Å². The predicted molar refractivity (Wildman–Crippen MR) is 275 cm³/mol. The molecule has 1 atom stereocenters. The first-order valence-electron chi connectivity index (χ1n) is 25.6. The zero-order valence-corrected chi connectivity index (χ0v) is 53.6. The van der Waals surface area contributed by atoms with E-state index in [1.807, 2.05) is 102 Å². The molecule has 1 amide bonds. The van der Waals surface area contributed by atoms with Crippen LogP contribution in [0.5, 0.6) is 0 Å². The summed E-state index contributed by atoms with van der Waals surface area (Å²) in [5.74, 6) is -5.39. The summed E-state index contributed by atoms with van der Waals surface area (Å²) in [7, 11) is -41.6. The molecule has 6 heterocycles. The van der Waals surface area contributed by atoms with Crippen molar-refractivity contribution in [1.82, 2.24) is 5.32 Å². The maximum absolute atomic E-state index is 15.7. The van der Waals surface area contributed by atoms with Gasteiger partial charge in [-0.1, -0.05) is 127 Å². The van der Waals surface area contributed by atoms with Gasteiger partial charge >= 0.3 is 97.9 Å². The van der Waals surface area contributed by atoms with E-state index in [1.165, 1.54) is 18.2 Å². The van der Waals surface area contributed by atoms with Crippen LogP contribution >= 0.6 is 0 Å². The van der Waals surface area contributed by atoms with Crippen LogP contribution in [0, 0.1) is 41.4 Å². The molecule has 0 spiro atoms. The number of hydrogen-bond acceptors (Lipinski definition) is 17. The van der Waals surface area contributed by atoms with Crippen molar-refractivity contribution >= 4 is 92.2 Å². The number of carbonyl (C=O) groups excluding carboxylic acids is 2. The summed E-state index contributed by atoms with van der Waals surface area (Å²) in [4.78, 5) is 26.0. The number of amides is 1. The van der Waals surface area contributed by atoms with Gasteiger partial charge in [-0.25, -0.2) is 4.18 Å². The lowest BCUT2D eigenvalue weighted by Crippen LogP contribution is -2.88. The molecule has 1 unspecified atom stereocenters. The first-order chi connectivity index (χ1) is 33.9. The highest BCUT2D eigenvalue weighted by Gasteiger charge is 2.83. The molecule has 1 N–H and O–H groups in total. The van der Waals surface area contributed by atoms with E-state index in [4.69, 9.17) is 49.4 Å². The number of Topliss-reactive ketones (excluding diaryl/α,β-unsaturated/α-hetero) is 1. The SMILES string of the molecule is CC(C)C[Si]12O[Si]3(CCCNC(=O)C(F)(F)S(=O)(=O)OC(C(=O)c4ccccc4)C(F)(F)F)O[Si]4(CC(C)C)O[Si](CC(C)C)(O1)O[Si]1(CC(C)C)O[Si](CC(C)C)(O2)O[Si](CC(C)C)(O3)O[Si](CC(C)C)(O4)O1. The molecule has 74 heavy (non-hydrogen) atoms. The minimum Gasteiger partial charge on any atom is -0.373 e. The lowest BCUT2D eigenvalue weighted by atomic mass is 10.1. The first-order valence-corrected chi connectivity index (χ1v) is 42.4. The molecule has 6 aliphatic rings. The molecular weight excluding hydrogens is 1140 g/mol. The van der Waals surface area contributed by atoms with Crippen LogP contribution in [0.2, 0.25) is 48.4 Å². The second-order valence-corrected chi connectivity index (χ2v) is 48.7. The molecule has 0 aromatic heterocycles. The van der Waals surface area contributed by atoms with Crippen LogP contribution < -0.4 is 5.32 Å². The summed E-state index contributed by atoms with van der Waals surface area (Å²) < 4.78 is 195. The largest absolute Gasteiger partial charge is 0.479 e. The first kappa shape index (κ1) is 62.4. The van der Waals surface area contributed by atoms with Gasteiger partial charge in [-0.15, -0.1) is 0 Å². The molecule has 1 aromatic carbocycles. The summed E-state index contributed by atoms with van der Waals surface area (Å²) in [5.41, 5.74) is -0.670. The molecule has 8 bridgehead atoms. The Hall–Kier alpha value is -0.825.